The first-order valence-corrected chi connectivity index (χ1v) is 23.9. The smallest absolute Gasteiger partial charge is 0.0726 e. The maximum Gasteiger partial charge on any atom is 0.0726 e. The number of nitrogens with zero attached hydrogens (tertiary/aromatic N) is 2. The van der Waals surface area contributed by atoms with Gasteiger partial charge in [-0.3, -0.25) is 0 Å². The lowest BCUT2D eigenvalue weighted by Crippen LogP contribution is -2.26. The Balaban J connectivity index is 1.04. The second-order valence-corrected chi connectivity index (χ2v) is 18.4. The summed E-state index contributed by atoms with van der Waals surface area (Å²) in [7, 11) is 0. The van der Waals surface area contributed by atoms with Gasteiger partial charge in [-0.25, -0.2) is 0 Å². The summed E-state index contributed by atoms with van der Waals surface area (Å²) in [5.74, 6) is 0. The van der Waals surface area contributed by atoms with Crippen LogP contribution in [0.3, 0.4) is 0 Å². The first kappa shape index (κ1) is 39.2. The Bertz CT molecular complexity index is 3870. The molecule has 1 aromatic heterocycles. The lowest BCUT2D eigenvalue weighted by molar-refractivity contribution is 0.794. The average molecular weight is 877 g/mol. The molecule has 0 amide bonds. The highest BCUT2D eigenvalue weighted by molar-refractivity contribution is 6.19. The fraction of sp³-hybridized carbons (Fsp3) is 0.0149. The summed E-state index contributed by atoms with van der Waals surface area (Å²) in [5, 5.41) is 2.56. The Kier molecular flexibility index (Phi) is 8.84. The van der Waals surface area contributed by atoms with E-state index in [9.17, 15) is 0 Å². The van der Waals surface area contributed by atoms with Crippen molar-refractivity contribution in [1.82, 2.24) is 4.57 Å². The van der Waals surface area contributed by atoms with E-state index >= 15 is 0 Å². The van der Waals surface area contributed by atoms with Gasteiger partial charge in [-0.2, -0.15) is 0 Å². The van der Waals surface area contributed by atoms with Gasteiger partial charge in [-0.05, 0) is 145 Å². The van der Waals surface area contributed by atoms with Gasteiger partial charge < -0.3 is 9.47 Å². The molecule has 69 heavy (non-hydrogen) atoms. The molecule has 0 N–H and O–H groups in total. The van der Waals surface area contributed by atoms with Crippen LogP contribution in [0.25, 0.3) is 83.1 Å². The van der Waals surface area contributed by atoms with Gasteiger partial charge in [-0.15, -0.1) is 0 Å². The van der Waals surface area contributed by atoms with E-state index in [0.29, 0.717) is 0 Å². The molecule has 2 aliphatic carbocycles. The standard InChI is InChI=1S/C67H44N2/c1-5-19-45(20-6-1)48-33-35-52(36-34-48)68(54-42-49(46-21-7-2-8-22-46)41-50(43-54)47-23-9-3-10-24-47)53-37-38-56-55-27-13-16-30-59(55)67(62(56)44-53)60-31-17-14-28-57(60)65-61(67)39-40-64-66(65)58-29-15-18-32-63(58)69(64)51-25-11-4-12-26-51/h1-44H. The van der Waals surface area contributed by atoms with Crippen molar-refractivity contribution in [3.05, 3.63) is 289 Å². The first-order chi connectivity index (χ1) is 34.2. The van der Waals surface area contributed by atoms with E-state index in [4.69, 9.17) is 0 Å². The number of rotatable bonds is 7. The molecule has 322 valence electrons. The normalized spacial score (nSPS) is 14.1. The van der Waals surface area contributed by atoms with Crippen LogP contribution < -0.4 is 4.90 Å². The van der Waals surface area contributed by atoms with E-state index in [1.165, 1.54) is 99.7 Å². The van der Waals surface area contributed by atoms with Gasteiger partial charge in [0.05, 0.1) is 16.4 Å². The quantitative estimate of drug-likeness (QED) is 0.155. The Hall–Kier alpha value is -8.98. The van der Waals surface area contributed by atoms with E-state index < -0.39 is 5.41 Å². The Labute approximate surface area is 402 Å². The highest BCUT2D eigenvalue weighted by Crippen LogP contribution is 2.65. The van der Waals surface area contributed by atoms with Gasteiger partial charge in [0, 0.05) is 33.5 Å². The third kappa shape index (κ3) is 5.92. The van der Waals surface area contributed by atoms with Crippen molar-refractivity contribution >= 4 is 38.9 Å². The molecule has 0 radical (unpaired) electrons. The van der Waals surface area contributed by atoms with Crippen LogP contribution in [-0.2, 0) is 5.41 Å². The predicted molar refractivity (Wildman–Crippen MR) is 288 cm³/mol. The predicted octanol–water partition coefficient (Wildman–Crippen LogP) is 17.6. The van der Waals surface area contributed by atoms with Crippen molar-refractivity contribution < 1.29 is 0 Å². The number of benzene rings is 11. The third-order valence-corrected chi connectivity index (χ3v) is 14.8. The van der Waals surface area contributed by atoms with Crippen molar-refractivity contribution in [2.75, 3.05) is 4.90 Å². The molecule has 11 aromatic carbocycles. The molecule has 1 heterocycles. The van der Waals surface area contributed by atoms with E-state index in [-0.39, 0.29) is 0 Å². The number of para-hydroxylation sites is 2. The molecule has 2 heteroatoms. The molecule has 0 fully saturated rings. The largest absolute Gasteiger partial charge is 0.310 e. The van der Waals surface area contributed by atoms with Crippen LogP contribution in [-0.4, -0.2) is 4.57 Å². The number of hydrogen-bond donors (Lipinski definition) is 0. The zero-order chi connectivity index (χ0) is 45.5. The lowest BCUT2D eigenvalue weighted by atomic mass is 9.70. The van der Waals surface area contributed by atoms with Crippen LogP contribution in [0.4, 0.5) is 17.1 Å². The van der Waals surface area contributed by atoms with Crippen molar-refractivity contribution in [2.45, 2.75) is 5.41 Å². The van der Waals surface area contributed by atoms with E-state index in [2.05, 4.69) is 276 Å². The Morgan fingerprint density at radius 3 is 1.46 bits per heavy atom. The SMILES string of the molecule is c1ccc(-c2ccc(N(c3cc(-c4ccccc4)cc(-c4ccccc4)c3)c3ccc4c(c3)C3(c5ccccc5-4)c4ccccc4-c4c3ccc3c4c4ccccc4n3-c3ccccc3)cc2)cc1. The molecule has 1 spiro atoms. The molecule has 12 aromatic rings. The molecule has 0 aliphatic heterocycles. The number of aromatic nitrogens is 1. The van der Waals surface area contributed by atoms with Crippen LogP contribution in [0.2, 0.25) is 0 Å². The van der Waals surface area contributed by atoms with Gasteiger partial charge in [0.1, 0.15) is 0 Å². The molecule has 2 nitrogen and oxygen atoms in total. The minimum Gasteiger partial charge on any atom is -0.310 e. The molecule has 2 aliphatic rings. The third-order valence-electron chi connectivity index (χ3n) is 14.8. The van der Waals surface area contributed by atoms with E-state index in [1.807, 2.05) is 0 Å². The zero-order valence-corrected chi connectivity index (χ0v) is 37.8. The maximum absolute atomic E-state index is 2.52. The maximum atomic E-state index is 2.52. The minimum absolute atomic E-state index is 0.568. The first-order valence-electron chi connectivity index (χ1n) is 23.9. The molecule has 1 unspecified atom stereocenters. The minimum atomic E-state index is -0.568. The molecular formula is C67H44N2. The average Bonchev–Trinajstić information content (AvgIpc) is 4.04. The summed E-state index contributed by atoms with van der Waals surface area (Å²) < 4.78 is 2.45. The summed E-state index contributed by atoms with van der Waals surface area (Å²) >= 11 is 0. The fourth-order valence-corrected chi connectivity index (χ4v) is 11.9. The van der Waals surface area contributed by atoms with Gasteiger partial charge in [0.2, 0.25) is 0 Å². The Morgan fingerprint density at radius 2 is 0.797 bits per heavy atom. The molecule has 0 saturated carbocycles. The van der Waals surface area contributed by atoms with E-state index in [1.54, 1.807) is 0 Å². The lowest BCUT2D eigenvalue weighted by Gasteiger charge is -2.32. The molecule has 0 saturated heterocycles. The molecule has 1 atom stereocenters. The summed E-state index contributed by atoms with van der Waals surface area (Å²) in [5.41, 5.74) is 23.8. The summed E-state index contributed by atoms with van der Waals surface area (Å²) in [6, 6.07) is 98.6. The fourth-order valence-electron chi connectivity index (χ4n) is 11.9. The van der Waals surface area contributed by atoms with Crippen LogP contribution in [0.5, 0.6) is 0 Å². The number of hydrogen-bond acceptors (Lipinski definition) is 1. The Morgan fingerprint density at radius 1 is 0.290 bits per heavy atom. The van der Waals surface area contributed by atoms with Crippen LogP contribution in [0.1, 0.15) is 22.3 Å². The van der Waals surface area contributed by atoms with Crippen molar-refractivity contribution in [1.29, 1.82) is 0 Å². The highest BCUT2D eigenvalue weighted by Gasteiger charge is 2.52. The van der Waals surface area contributed by atoms with Gasteiger partial charge >= 0.3 is 0 Å². The summed E-state index contributed by atoms with van der Waals surface area (Å²) in [6.45, 7) is 0. The summed E-state index contributed by atoms with van der Waals surface area (Å²) in [6.07, 6.45) is 0. The second-order valence-electron chi connectivity index (χ2n) is 18.4. The number of fused-ring (bicyclic) bond motifs is 14. The topological polar surface area (TPSA) is 8.17 Å². The van der Waals surface area contributed by atoms with Crippen LogP contribution >= 0.6 is 0 Å². The molecule has 0 bridgehead atoms. The monoisotopic (exact) mass is 876 g/mol. The molecular weight excluding hydrogens is 833 g/mol. The van der Waals surface area contributed by atoms with Gasteiger partial charge in [0.15, 0.2) is 0 Å². The van der Waals surface area contributed by atoms with Crippen LogP contribution in [0, 0.1) is 0 Å². The molecule has 14 rings (SSSR count). The van der Waals surface area contributed by atoms with E-state index in [0.717, 1.165) is 22.7 Å². The number of anilines is 3. The van der Waals surface area contributed by atoms with Gasteiger partial charge in [-0.1, -0.05) is 200 Å². The van der Waals surface area contributed by atoms with Crippen molar-refractivity contribution in [3.63, 3.8) is 0 Å². The van der Waals surface area contributed by atoms with Crippen molar-refractivity contribution in [3.8, 4) is 61.3 Å². The van der Waals surface area contributed by atoms with Crippen molar-refractivity contribution in [2.24, 2.45) is 0 Å². The van der Waals surface area contributed by atoms with Gasteiger partial charge in [0.25, 0.3) is 0 Å². The second kappa shape index (κ2) is 15.6. The highest BCUT2D eigenvalue weighted by atomic mass is 15.1. The summed E-state index contributed by atoms with van der Waals surface area (Å²) in [4.78, 5) is 2.48. The zero-order valence-electron chi connectivity index (χ0n) is 37.8. The van der Waals surface area contributed by atoms with Crippen LogP contribution in [0.15, 0.2) is 267 Å².